The van der Waals surface area contributed by atoms with Crippen molar-refractivity contribution in [1.82, 2.24) is 5.32 Å². The van der Waals surface area contributed by atoms with Crippen LogP contribution in [0.5, 0.6) is 0 Å². The van der Waals surface area contributed by atoms with E-state index in [2.05, 4.69) is 28.2 Å². The van der Waals surface area contributed by atoms with Crippen LogP contribution < -0.4 is 5.32 Å². The predicted molar refractivity (Wildman–Crippen MR) is 73.5 cm³/mol. The van der Waals surface area contributed by atoms with E-state index in [1.54, 1.807) is 17.8 Å². The van der Waals surface area contributed by atoms with Gasteiger partial charge in [0.05, 0.1) is 0 Å². The maximum atomic E-state index is 13.7. The Kier molecular flexibility index (Phi) is 6.39. The van der Waals surface area contributed by atoms with Crippen molar-refractivity contribution in [2.75, 3.05) is 18.6 Å². The largest absolute Gasteiger partial charge is 0.309 e. The topological polar surface area (TPSA) is 12.0 Å². The fraction of sp³-hybridized carbons (Fsp3) is 0.500. The van der Waals surface area contributed by atoms with Crippen LogP contribution >= 0.6 is 27.7 Å². The molecule has 0 aliphatic carbocycles. The summed E-state index contributed by atoms with van der Waals surface area (Å²) in [4.78, 5) is 0. The molecule has 1 N–H and O–H groups in total. The quantitative estimate of drug-likeness (QED) is 0.853. The molecule has 0 spiro atoms. The lowest BCUT2D eigenvalue weighted by Crippen LogP contribution is -2.25. The molecule has 0 bridgehead atoms. The van der Waals surface area contributed by atoms with Crippen molar-refractivity contribution >= 4 is 27.7 Å². The van der Waals surface area contributed by atoms with Gasteiger partial charge in [-0.2, -0.15) is 11.8 Å². The molecule has 1 aromatic carbocycles. The minimum Gasteiger partial charge on any atom is -0.309 e. The van der Waals surface area contributed by atoms with Crippen LogP contribution in [0.15, 0.2) is 22.7 Å². The van der Waals surface area contributed by atoms with E-state index in [1.807, 2.05) is 12.3 Å². The normalized spacial score (nSPS) is 12.8. The third kappa shape index (κ3) is 4.07. The van der Waals surface area contributed by atoms with E-state index in [4.69, 9.17) is 0 Å². The summed E-state index contributed by atoms with van der Waals surface area (Å²) in [7, 11) is 0. The molecule has 0 aliphatic rings. The zero-order valence-corrected chi connectivity index (χ0v) is 12.0. The first-order valence-electron chi connectivity index (χ1n) is 5.36. The number of hydrogen-bond donors (Lipinski definition) is 1. The van der Waals surface area contributed by atoms with Gasteiger partial charge in [0.1, 0.15) is 5.82 Å². The van der Waals surface area contributed by atoms with E-state index in [9.17, 15) is 4.39 Å². The fourth-order valence-electron chi connectivity index (χ4n) is 1.53. The van der Waals surface area contributed by atoms with Gasteiger partial charge in [0.2, 0.25) is 0 Å². The molecule has 90 valence electrons. The molecule has 0 aromatic heterocycles. The van der Waals surface area contributed by atoms with Crippen LogP contribution in [0, 0.1) is 5.82 Å². The van der Waals surface area contributed by atoms with Crippen molar-refractivity contribution in [2.45, 2.75) is 19.4 Å². The van der Waals surface area contributed by atoms with E-state index < -0.39 is 0 Å². The minimum absolute atomic E-state index is 0.0902. The molecule has 0 amide bonds. The molecule has 1 atom stereocenters. The van der Waals surface area contributed by atoms with Gasteiger partial charge in [0, 0.05) is 21.8 Å². The van der Waals surface area contributed by atoms with E-state index in [0.717, 1.165) is 28.8 Å². The predicted octanol–water partition coefficient (Wildman–Crippen LogP) is 3.99. The second kappa shape index (κ2) is 7.30. The molecule has 0 saturated heterocycles. The van der Waals surface area contributed by atoms with E-state index in [0.29, 0.717) is 0 Å². The van der Waals surface area contributed by atoms with Gasteiger partial charge >= 0.3 is 0 Å². The molecule has 16 heavy (non-hydrogen) atoms. The minimum atomic E-state index is -0.133. The van der Waals surface area contributed by atoms with Crippen LogP contribution in [0.25, 0.3) is 0 Å². The molecule has 0 aliphatic heterocycles. The molecule has 1 nitrogen and oxygen atoms in total. The molecular weight excluding hydrogens is 289 g/mol. The Balaban J connectivity index is 2.85. The van der Waals surface area contributed by atoms with Gasteiger partial charge in [-0.15, -0.1) is 0 Å². The Morgan fingerprint density at radius 3 is 2.88 bits per heavy atom. The molecule has 0 fully saturated rings. The second-order valence-electron chi connectivity index (χ2n) is 3.63. The maximum Gasteiger partial charge on any atom is 0.128 e. The van der Waals surface area contributed by atoms with Crippen LogP contribution in [-0.4, -0.2) is 18.6 Å². The maximum absolute atomic E-state index is 13.7. The van der Waals surface area contributed by atoms with Gasteiger partial charge in [0.15, 0.2) is 0 Å². The van der Waals surface area contributed by atoms with Gasteiger partial charge < -0.3 is 5.32 Å². The van der Waals surface area contributed by atoms with Crippen molar-refractivity contribution < 1.29 is 4.39 Å². The van der Waals surface area contributed by atoms with Crippen molar-refractivity contribution in [3.63, 3.8) is 0 Å². The summed E-state index contributed by atoms with van der Waals surface area (Å²) in [5.41, 5.74) is 0.747. The zero-order valence-electron chi connectivity index (χ0n) is 9.59. The SMILES string of the molecule is CCCNC(CSC)c1cc(Br)ccc1F. The van der Waals surface area contributed by atoms with Crippen molar-refractivity contribution in [2.24, 2.45) is 0 Å². The lowest BCUT2D eigenvalue weighted by Gasteiger charge is -2.18. The lowest BCUT2D eigenvalue weighted by molar-refractivity contribution is 0.532. The fourth-order valence-corrected chi connectivity index (χ4v) is 2.54. The summed E-state index contributed by atoms with van der Waals surface area (Å²) < 4.78 is 14.6. The van der Waals surface area contributed by atoms with Crippen LogP contribution in [-0.2, 0) is 0 Å². The second-order valence-corrected chi connectivity index (χ2v) is 5.45. The highest BCUT2D eigenvalue weighted by Gasteiger charge is 2.14. The van der Waals surface area contributed by atoms with Gasteiger partial charge in [0.25, 0.3) is 0 Å². The summed E-state index contributed by atoms with van der Waals surface area (Å²) in [6.07, 6.45) is 3.09. The van der Waals surface area contributed by atoms with Crippen LogP contribution in [0.4, 0.5) is 4.39 Å². The molecule has 1 unspecified atom stereocenters. The van der Waals surface area contributed by atoms with Crippen LogP contribution in [0.1, 0.15) is 24.9 Å². The zero-order chi connectivity index (χ0) is 12.0. The van der Waals surface area contributed by atoms with Crippen molar-refractivity contribution in [3.05, 3.63) is 34.1 Å². The smallest absolute Gasteiger partial charge is 0.128 e. The highest BCUT2D eigenvalue weighted by molar-refractivity contribution is 9.10. The first-order valence-corrected chi connectivity index (χ1v) is 7.55. The first-order chi connectivity index (χ1) is 7.69. The summed E-state index contributed by atoms with van der Waals surface area (Å²) >= 11 is 5.11. The Bertz CT molecular complexity index is 333. The summed E-state index contributed by atoms with van der Waals surface area (Å²) in [6, 6.07) is 5.20. The van der Waals surface area contributed by atoms with Crippen molar-refractivity contribution in [1.29, 1.82) is 0 Å². The summed E-state index contributed by atoms with van der Waals surface area (Å²) in [5, 5.41) is 3.37. The third-order valence-electron chi connectivity index (χ3n) is 2.31. The molecule has 0 heterocycles. The van der Waals surface area contributed by atoms with Gasteiger partial charge in [-0.3, -0.25) is 0 Å². The van der Waals surface area contributed by atoms with Gasteiger partial charge in [-0.05, 0) is 37.4 Å². The summed E-state index contributed by atoms with van der Waals surface area (Å²) in [6.45, 7) is 3.03. The Morgan fingerprint density at radius 2 is 2.25 bits per heavy atom. The number of hydrogen-bond acceptors (Lipinski definition) is 2. The van der Waals surface area contributed by atoms with E-state index in [-0.39, 0.29) is 11.9 Å². The Labute approximate surface area is 109 Å². The Morgan fingerprint density at radius 1 is 1.50 bits per heavy atom. The number of benzene rings is 1. The Hall–Kier alpha value is -0.0600. The molecule has 1 aromatic rings. The number of nitrogens with one attached hydrogen (secondary N) is 1. The number of halogens is 2. The average Bonchev–Trinajstić information content (AvgIpc) is 2.28. The monoisotopic (exact) mass is 305 g/mol. The molecule has 0 radical (unpaired) electrons. The highest BCUT2D eigenvalue weighted by atomic mass is 79.9. The first kappa shape index (κ1) is 14.0. The average molecular weight is 306 g/mol. The summed E-state index contributed by atoms with van der Waals surface area (Å²) in [5.74, 6) is 0.749. The van der Waals surface area contributed by atoms with Crippen LogP contribution in [0.3, 0.4) is 0 Å². The molecular formula is C12H17BrFNS. The molecule has 4 heteroatoms. The van der Waals surface area contributed by atoms with E-state index >= 15 is 0 Å². The van der Waals surface area contributed by atoms with Gasteiger partial charge in [-0.25, -0.2) is 4.39 Å². The number of rotatable bonds is 6. The molecule has 0 saturated carbocycles. The number of thioether (sulfide) groups is 1. The third-order valence-corrected chi connectivity index (χ3v) is 3.47. The van der Waals surface area contributed by atoms with Gasteiger partial charge in [-0.1, -0.05) is 22.9 Å². The highest BCUT2D eigenvalue weighted by Crippen LogP contribution is 2.24. The lowest BCUT2D eigenvalue weighted by atomic mass is 10.1. The van der Waals surface area contributed by atoms with Crippen LogP contribution in [0.2, 0.25) is 0 Å². The van der Waals surface area contributed by atoms with Crippen molar-refractivity contribution in [3.8, 4) is 0 Å². The standard InChI is InChI=1S/C12H17BrFNS/c1-3-6-15-12(8-16-2)10-7-9(13)4-5-11(10)14/h4-5,7,12,15H,3,6,8H2,1-2H3. The molecule has 1 rings (SSSR count). The van der Waals surface area contributed by atoms with E-state index in [1.165, 1.54) is 6.07 Å².